The molecule has 6 aromatic carbocycles. The molecule has 3 aliphatic carbocycles. The Morgan fingerprint density at radius 1 is 0.438 bits per heavy atom. The Kier molecular flexibility index (Phi) is 6.04. The van der Waals surface area contributed by atoms with Gasteiger partial charge >= 0.3 is 0 Å². The van der Waals surface area contributed by atoms with Crippen LogP contribution in [-0.2, 0) is 0 Å². The Balaban J connectivity index is 1.18. The van der Waals surface area contributed by atoms with Gasteiger partial charge in [-0.3, -0.25) is 0 Å². The first-order valence-electron chi connectivity index (χ1n) is 16.7. The second kappa shape index (κ2) is 10.7. The third-order valence-electron chi connectivity index (χ3n) is 10.2. The zero-order chi connectivity index (χ0) is 31.6. The predicted octanol–water partition coefficient (Wildman–Crippen LogP) is 11.6. The molecule has 0 saturated carbocycles. The van der Waals surface area contributed by atoms with E-state index < -0.39 is 0 Å². The average molecular weight is 611 g/mol. The monoisotopic (exact) mass is 610 g/mol. The second-order valence-electron chi connectivity index (χ2n) is 12.8. The SMILES string of the molecule is C1=CC2=CC=CC3c4nc(-c5ccccc5)nc(-c5ccc(-c6c7ccccc7c(-c7ccccc7)c7ccccc67)cc5)c4C(=C1)C23. The van der Waals surface area contributed by atoms with E-state index in [2.05, 4.69) is 164 Å². The first kappa shape index (κ1) is 27.0. The molecule has 0 amide bonds. The number of hydrogen-bond acceptors (Lipinski definition) is 2. The van der Waals surface area contributed by atoms with E-state index in [9.17, 15) is 0 Å². The molecule has 2 unspecified atom stereocenters. The minimum absolute atomic E-state index is 0.209. The molecular formula is C46H30N2. The molecule has 1 heterocycles. The molecule has 0 radical (unpaired) electrons. The summed E-state index contributed by atoms with van der Waals surface area (Å²) in [6.45, 7) is 0. The first-order valence-corrected chi connectivity index (χ1v) is 16.7. The average Bonchev–Trinajstić information content (AvgIpc) is 3.49. The van der Waals surface area contributed by atoms with Gasteiger partial charge in [-0.15, -0.1) is 0 Å². The first-order chi connectivity index (χ1) is 23.8. The van der Waals surface area contributed by atoms with Gasteiger partial charge in [-0.25, -0.2) is 9.97 Å². The molecule has 1 aromatic heterocycles. The number of benzene rings is 6. The highest BCUT2D eigenvalue weighted by Crippen LogP contribution is 2.55. The summed E-state index contributed by atoms with van der Waals surface area (Å²) in [5.41, 5.74) is 13.1. The van der Waals surface area contributed by atoms with Crippen molar-refractivity contribution in [3.63, 3.8) is 0 Å². The van der Waals surface area contributed by atoms with Crippen molar-refractivity contribution < 1.29 is 0 Å². The Morgan fingerprint density at radius 3 is 1.60 bits per heavy atom. The molecule has 0 aliphatic heterocycles. The van der Waals surface area contributed by atoms with Gasteiger partial charge in [-0.05, 0) is 54.9 Å². The number of rotatable bonds is 4. The van der Waals surface area contributed by atoms with Crippen LogP contribution in [-0.4, -0.2) is 9.97 Å². The molecule has 0 fully saturated rings. The second-order valence-corrected chi connectivity index (χ2v) is 12.8. The predicted molar refractivity (Wildman–Crippen MR) is 199 cm³/mol. The molecule has 0 saturated heterocycles. The standard InChI is InChI=1S/C46H30N2/c1-3-13-29(14-4-1)40-34-19-7-9-21-36(34)41(37-22-10-8-20-35(37)40)31-25-27-32(28-26-31)44-43-38-23-11-17-30-18-12-24-39(42(30)38)45(43)48-46(47-44)33-15-5-2-6-16-33/h1-28,39,42H. The fraction of sp³-hybridized carbons (Fsp3) is 0.0435. The summed E-state index contributed by atoms with van der Waals surface area (Å²) in [4.78, 5) is 10.6. The number of nitrogens with zero attached hydrogens (tertiary/aromatic N) is 2. The summed E-state index contributed by atoms with van der Waals surface area (Å²) in [5.74, 6) is 1.27. The van der Waals surface area contributed by atoms with Crippen molar-refractivity contribution >= 4 is 27.1 Å². The maximum absolute atomic E-state index is 5.32. The van der Waals surface area contributed by atoms with Crippen LogP contribution in [0.4, 0.5) is 0 Å². The molecule has 0 N–H and O–H groups in total. The van der Waals surface area contributed by atoms with Crippen LogP contribution in [0.25, 0.3) is 72.0 Å². The molecule has 2 heteroatoms. The minimum atomic E-state index is 0.209. The van der Waals surface area contributed by atoms with Gasteiger partial charge in [0.1, 0.15) is 0 Å². The molecule has 2 nitrogen and oxygen atoms in total. The van der Waals surface area contributed by atoms with Crippen molar-refractivity contribution in [1.82, 2.24) is 9.97 Å². The lowest BCUT2D eigenvalue weighted by Gasteiger charge is -2.24. The van der Waals surface area contributed by atoms with Gasteiger partial charge in [0.25, 0.3) is 0 Å². The molecule has 7 aromatic rings. The van der Waals surface area contributed by atoms with Crippen LogP contribution in [0.5, 0.6) is 0 Å². The van der Waals surface area contributed by atoms with Gasteiger partial charge in [-0.1, -0.05) is 170 Å². The third kappa shape index (κ3) is 4.06. The van der Waals surface area contributed by atoms with Crippen LogP contribution in [0.3, 0.4) is 0 Å². The molecule has 0 bridgehead atoms. The van der Waals surface area contributed by atoms with E-state index in [0.717, 1.165) is 28.3 Å². The van der Waals surface area contributed by atoms with Crippen LogP contribution in [0.15, 0.2) is 175 Å². The lowest BCUT2D eigenvalue weighted by molar-refractivity contribution is 0.704. The van der Waals surface area contributed by atoms with E-state index in [1.54, 1.807) is 0 Å². The molecule has 0 spiro atoms. The Bertz CT molecular complexity index is 2480. The summed E-state index contributed by atoms with van der Waals surface area (Å²) in [7, 11) is 0. The van der Waals surface area contributed by atoms with Gasteiger partial charge in [0.2, 0.25) is 0 Å². The van der Waals surface area contributed by atoms with Crippen LogP contribution in [0.1, 0.15) is 17.2 Å². The van der Waals surface area contributed by atoms with Crippen molar-refractivity contribution in [2.75, 3.05) is 0 Å². The minimum Gasteiger partial charge on any atom is -0.232 e. The smallest absolute Gasteiger partial charge is 0.160 e. The van der Waals surface area contributed by atoms with E-state index in [4.69, 9.17) is 9.97 Å². The highest BCUT2D eigenvalue weighted by molar-refractivity contribution is 6.21. The van der Waals surface area contributed by atoms with Crippen LogP contribution in [0, 0.1) is 5.92 Å². The molecule has 48 heavy (non-hydrogen) atoms. The lowest BCUT2D eigenvalue weighted by atomic mass is 9.79. The van der Waals surface area contributed by atoms with E-state index in [-0.39, 0.29) is 11.8 Å². The quantitative estimate of drug-likeness (QED) is 0.185. The van der Waals surface area contributed by atoms with Crippen LogP contribution >= 0.6 is 0 Å². The zero-order valence-corrected chi connectivity index (χ0v) is 26.2. The molecule has 3 aliphatic rings. The highest BCUT2D eigenvalue weighted by Gasteiger charge is 2.42. The maximum atomic E-state index is 5.32. The van der Waals surface area contributed by atoms with Gasteiger partial charge in [0.05, 0.1) is 11.4 Å². The molecule has 10 rings (SSSR count). The summed E-state index contributed by atoms with van der Waals surface area (Å²) >= 11 is 0. The summed E-state index contributed by atoms with van der Waals surface area (Å²) in [6.07, 6.45) is 13.4. The normalized spacial score (nSPS) is 17.2. The van der Waals surface area contributed by atoms with E-state index in [1.807, 2.05) is 6.07 Å². The molecular weight excluding hydrogens is 581 g/mol. The number of allylic oxidation sites excluding steroid dienone is 8. The summed E-state index contributed by atoms with van der Waals surface area (Å²) < 4.78 is 0. The molecule has 224 valence electrons. The van der Waals surface area contributed by atoms with Crippen molar-refractivity contribution in [2.45, 2.75) is 5.92 Å². The summed E-state index contributed by atoms with van der Waals surface area (Å²) in [5, 5.41) is 5.04. The van der Waals surface area contributed by atoms with Crippen LogP contribution in [0.2, 0.25) is 0 Å². The van der Waals surface area contributed by atoms with E-state index in [0.29, 0.717) is 0 Å². The maximum Gasteiger partial charge on any atom is 0.160 e. The highest BCUT2D eigenvalue weighted by atomic mass is 14.9. The lowest BCUT2D eigenvalue weighted by Crippen LogP contribution is -2.12. The van der Waals surface area contributed by atoms with Gasteiger partial charge in [0.15, 0.2) is 5.82 Å². The van der Waals surface area contributed by atoms with Crippen molar-refractivity contribution in [3.05, 3.63) is 187 Å². The Hall–Kier alpha value is -6.12. The largest absolute Gasteiger partial charge is 0.232 e. The number of aromatic nitrogens is 2. The fourth-order valence-corrected chi connectivity index (χ4v) is 8.17. The fourth-order valence-electron chi connectivity index (χ4n) is 8.17. The summed E-state index contributed by atoms with van der Waals surface area (Å²) in [6, 6.07) is 47.9. The van der Waals surface area contributed by atoms with Gasteiger partial charge in [0, 0.05) is 28.5 Å². The van der Waals surface area contributed by atoms with E-state index >= 15 is 0 Å². The van der Waals surface area contributed by atoms with Gasteiger partial charge < -0.3 is 0 Å². The van der Waals surface area contributed by atoms with Crippen molar-refractivity contribution in [1.29, 1.82) is 0 Å². The van der Waals surface area contributed by atoms with Gasteiger partial charge in [-0.2, -0.15) is 0 Å². The topological polar surface area (TPSA) is 25.8 Å². The number of hydrogen-bond donors (Lipinski definition) is 0. The van der Waals surface area contributed by atoms with E-state index in [1.165, 1.54) is 60.5 Å². The third-order valence-corrected chi connectivity index (χ3v) is 10.2. The molecule has 2 atom stereocenters. The Labute approximate surface area is 279 Å². The van der Waals surface area contributed by atoms with Crippen LogP contribution < -0.4 is 0 Å². The number of fused-ring (bicyclic) bond motifs is 5. The zero-order valence-electron chi connectivity index (χ0n) is 26.2. The van der Waals surface area contributed by atoms with Crippen molar-refractivity contribution in [2.24, 2.45) is 5.92 Å². The van der Waals surface area contributed by atoms with Crippen molar-refractivity contribution in [3.8, 4) is 44.9 Å². The Morgan fingerprint density at radius 2 is 0.979 bits per heavy atom.